The number of ether oxygens (including phenoxy) is 1. The van der Waals surface area contributed by atoms with Gasteiger partial charge in [0.15, 0.2) is 0 Å². The van der Waals surface area contributed by atoms with E-state index in [9.17, 15) is 24.3 Å². The van der Waals surface area contributed by atoms with Crippen LogP contribution in [0.3, 0.4) is 0 Å². The van der Waals surface area contributed by atoms with Crippen molar-refractivity contribution in [2.24, 2.45) is 14.1 Å². The molecule has 0 bridgehead atoms. The molecule has 2 aliphatic rings. The average Bonchev–Trinajstić information content (AvgIpc) is 4.22. The van der Waals surface area contributed by atoms with E-state index in [1.807, 2.05) is 46.3 Å². The molecule has 0 radical (unpaired) electrons. The lowest BCUT2D eigenvalue weighted by Gasteiger charge is -2.30. The van der Waals surface area contributed by atoms with Crippen molar-refractivity contribution in [1.82, 2.24) is 59.8 Å². The number of aromatic nitrogens is 10. The van der Waals surface area contributed by atoms with E-state index in [4.69, 9.17) is 9.84 Å². The largest absolute Gasteiger partial charge is 0.481 e. The van der Waals surface area contributed by atoms with E-state index in [2.05, 4.69) is 92.5 Å². The summed E-state index contributed by atoms with van der Waals surface area (Å²) in [5, 5.41) is 46.5. The molecule has 2 aliphatic heterocycles. The topological polar surface area (TPSA) is 230 Å². The van der Waals surface area contributed by atoms with Gasteiger partial charge in [-0.15, -0.1) is 10.2 Å². The summed E-state index contributed by atoms with van der Waals surface area (Å²) >= 11 is 0. The summed E-state index contributed by atoms with van der Waals surface area (Å²) in [7, 11) is 4.91. The first kappa shape index (κ1) is 50.3. The Balaban J connectivity index is 0.000000167. The molecule has 4 aromatic carbocycles. The Morgan fingerprint density at radius 2 is 1.24 bits per heavy atom. The van der Waals surface area contributed by atoms with E-state index >= 15 is 0 Å². The van der Waals surface area contributed by atoms with Crippen LogP contribution in [0.5, 0.6) is 0 Å². The quantitative estimate of drug-likeness (QED) is 0.111. The van der Waals surface area contributed by atoms with Crippen LogP contribution in [-0.2, 0) is 67.4 Å². The monoisotopic (exact) mass is 976 g/mol. The first-order chi connectivity index (χ1) is 34.7. The van der Waals surface area contributed by atoms with Crippen LogP contribution in [0.2, 0.25) is 0 Å². The second-order valence-electron chi connectivity index (χ2n) is 18.2. The summed E-state index contributed by atoms with van der Waals surface area (Å²) in [6.07, 6.45) is 8.14. The van der Waals surface area contributed by atoms with Gasteiger partial charge >= 0.3 is 17.9 Å². The molecule has 10 rings (SSSR count). The number of benzene rings is 4. The fourth-order valence-corrected chi connectivity index (χ4v) is 9.76. The van der Waals surface area contributed by atoms with Crippen molar-refractivity contribution in [2.45, 2.75) is 91.4 Å². The highest BCUT2D eigenvalue weighted by Gasteiger charge is 2.28. The van der Waals surface area contributed by atoms with Gasteiger partial charge in [-0.25, -0.2) is 14.2 Å². The predicted octanol–water partition coefficient (Wildman–Crippen LogP) is 6.52. The molecule has 19 nitrogen and oxygen atoms in total. The Bertz CT molecular complexity index is 3290. The van der Waals surface area contributed by atoms with Crippen LogP contribution in [0.25, 0.3) is 22.1 Å². The van der Waals surface area contributed by atoms with Gasteiger partial charge in [-0.05, 0) is 115 Å². The minimum absolute atomic E-state index is 0.0363. The van der Waals surface area contributed by atoms with Crippen LogP contribution in [-0.4, -0.2) is 109 Å². The van der Waals surface area contributed by atoms with E-state index < -0.39 is 11.9 Å². The number of amides is 1. The number of aryl methyl sites for hydroxylation is 6. The van der Waals surface area contributed by atoms with Crippen LogP contribution in [0.1, 0.15) is 115 Å². The zero-order valence-electron chi connectivity index (χ0n) is 41.7. The fraction of sp³-hybridized carbons (Fsp3) is 0.358. The third-order valence-electron chi connectivity index (χ3n) is 13.6. The SMILES string of the molecule is CCn1nnc2c(C)c(C(CC(=O)O)c3ccc4c(c3)CN(C(=O)c3cnn(C)c3)CC4)ccc21.CCn1nnc2c(C)c(C(CC(=O)OC)c3ccc4c(c3)CNCC4)ccc21.Cn1cc(C(=O)O)cn1. The number of carboxylic acids is 2. The number of methoxy groups -OCH3 is 1. The number of esters is 1. The van der Waals surface area contributed by atoms with Gasteiger partial charge in [0.25, 0.3) is 5.91 Å². The molecule has 2 unspecified atom stereocenters. The molecular weight excluding hydrogens is 917 g/mol. The molecule has 4 aromatic heterocycles. The van der Waals surface area contributed by atoms with E-state index in [1.165, 1.54) is 40.9 Å². The second-order valence-corrected chi connectivity index (χ2v) is 18.2. The summed E-state index contributed by atoms with van der Waals surface area (Å²) in [5.74, 6) is -2.47. The molecule has 8 aromatic rings. The highest BCUT2D eigenvalue weighted by atomic mass is 16.5. The van der Waals surface area contributed by atoms with Crippen LogP contribution in [0.4, 0.5) is 0 Å². The zero-order valence-corrected chi connectivity index (χ0v) is 41.7. The molecular formula is C53H60N12O7. The minimum Gasteiger partial charge on any atom is -0.481 e. The molecule has 0 saturated carbocycles. The van der Waals surface area contributed by atoms with Gasteiger partial charge in [-0.2, -0.15) is 10.2 Å². The van der Waals surface area contributed by atoms with Crippen molar-refractivity contribution in [3.63, 3.8) is 0 Å². The summed E-state index contributed by atoms with van der Waals surface area (Å²) in [6.45, 7) is 12.6. The van der Waals surface area contributed by atoms with Crippen molar-refractivity contribution >= 4 is 45.9 Å². The summed E-state index contributed by atoms with van der Waals surface area (Å²) in [4.78, 5) is 49.1. The van der Waals surface area contributed by atoms with Gasteiger partial charge in [0.2, 0.25) is 0 Å². The smallest absolute Gasteiger partial charge is 0.338 e. The van der Waals surface area contributed by atoms with Gasteiger partial charge in [-0.3, -0.25) is 23.7 Å². The Labute approximate surface area is 416 Å². The Hall–Kier alpha value is -8.06. The van der Waals surface area contributed by atoms with Crippen molar-refractivity contribution in [3.8, 4) is 0 Å². The number of aliphatic carboxylic acids is 1. The average molecular weight is 977 g/mol. The maximum absolute atomic E-state index is 13.0. The highest BCUT2D eigenvalue weighted by molar-refractivity contribution is 5.94. The lowest BCUT2D eigenvalue weighted by molar-refractivity contribution is -0.141. The van der Waals surface area contributed by atoms with Crippen LogP contribution in [0, 0.1) is 13.8 Å². The summed E-state index contributed by atoms with van der Waals surface area (Å²) in [6, 6.07) is 20.9. The number of carbonyl (C=O) groups excluding carboxylic acids is 2. The van der Waals surface area contributed by atoms with Gasteiger partial charge in [0, 0.05) is 71.0 Å². The number of hydrogen-bond acceptors (Lipinski definition) is 12. The maximum Gasteiger partial charge on any atom is 0.338 e. The molecule has 19 heteroatoms. The van der Waals surface area contributed by atoms with Crippen LogP contribution < -0.4 is 5.32 Å². The summed E-state index contributed by atoms with van der Waals surface area (Å²) < 4.78 is 11.8. The van der Waals surface area contributed by atoms with Gasteiger partial charge in [-0.1, -0.05) is 59.0 Å². The standard InChI is InChI=1S/C26H28N6O3.C22H26N4O2.C5H6N2O2/c1-4-32-23-8-7-21(16(2)25(23)28-29-32)22(12-24(33)34)18-6-5-17-9-10-31(15-19(17)11-18)26(35)20-13-27-30(3)14-20;1-4-26-20-8-7-18(14(2)22(20)24-25-26)19(12-21(27)28-3)16-6-5-15-9-10-23-13-17(15)11-16;1-7-3-4(2-6-7)5(8)9/h5-8,11,13-14,22H,4,9-10,12,15H2,1-3H3,(H,33,34);5-8,11,19,23H,4,9-10,12-13H2,1-3H3;2-3H,1H3,(H,8,9). The third-order valence-corrected chi connectivity index (χ3v) is 13.6. The molecule has 2 atom stereocenters. The Morgan fingerprint density at radius 3 is 1.74 bits per heavy atom. The molecule has 0 saturated heterocycles. The fourth-order valence-electron chi connectivity index (χ4n) is 9.76. The second kappa shape index (κ2) is 21.9. The Morgan fingerprint density at radius 1 is 0.694 bits per heavy atom. The molecule has 0 fully saturated rings. The van der Waals surface area contributed by atoms with E-state index in [0.717, 1.165) is 93.5 Å². The molecule has 6 heterocycles. The normalized spacial score (nSPS) is 13.8. The van der Waals surface area contributed by atoms with Crippen molar-refractivity contribution in [2.75, 3.05) is 20.2 Å². The number of rotatable bonds is 12. The highest BCUT2D eigenvalue weighted by Crippen LogP contribution is 2.37. The molecule has 374 valence electrons. The van der Waals surface area contributed by atoms with E-state index in [-0.39, 0.29) is 35.7 Å². The molecule has 0 aliphatic carbocycles. The molecule has 3 N–H and O–H groups in total. The number of fused-ring (bicyclic) bond motifs is 4. The van der Waals surface area contributed by atoms with Crippen molar-refractivity contribution in [1.29, 1.82) is 0 Å². The minimum atomic E-state index is -0.942. The number of nitrogens with zero attached hydrogens (tertiary/aromatic N) is 11. The third kappa shape index (κ3) is 10.8. The number of nitrogens with one attached hydrogen (secondary N) is 1. The van der Waals surface area contributed by atoms with Gasteiger partial charge in [0.05, 0.1) is 54.5 Å². The first-order valence-electron chi connectivity index (χ1n) is 24.1. The predicted molar refractivity (Wildman–Crippen MR) is 269 cm³/mol. The molecule has 0 spiro atoms. The van der Waals surface area contributed by atoms with Crippen molar-refractivity contribution in [3.05, 3.63) is 152 Å². The number of hydrogen-bond donors (Lipinski definition) is 3. The first-order valence-corrected chi connectivity index (χ1v) is 24.1. The summed E-state index contributed by atoms with van der Waals surface area (Å²) in [5.41, 5.74) is 15.5. The number of aromatic carboxylic acids is 1. The zero-order chi connectivity index (χ0) is 51.2. The number of carbonyl (C=O) groups is 4. The van der Waals surface area contributed by atoms with E-state index in [0.29, 0.717) is 31.6 Å². The van der Waals surface area contributed by atoms with Crippen LogP contribution >= 0.6 is 0 Å². The van der Waals surface area contributed by atoms with Crippen molar-refractivity contribution < 1.29 is 34.1 Å². The lowest BCUT2D eigenvalue weighted by atomic mass is 9.83. The van der Waals surface area contributed by atoms with Gasteiger partial charge < -0.3 is 25.2 Å². The lowest BCUT2D eigenvalue weighted by Crippen LogP contribution is -2.35. The molecule has 72 heavy (non-hydrogen) atoms. The molecule has 1 amide bonds. The van der Waals surface area contributed by atoms with Crippen LogP contribution in [0.15, 0.2) is 85.5 Å². The Kier molecular flexibility index (Phi) is 15.3. The number of carboxylic acid groups (broad SMARTS) is 2. The maximum atomic E-state index is 13.0. The van der Waals surface area contributed by atoms with E-state index in [1.54, 1.807) is 31.2 Å². The van der Waals surface area contributed by atoms with Gasteiger partial charge in [0.1, 0.15) is 11.0 Å².